The molecule has 1 heterocycles. The zero-order chi connectivity index (χ0) is 13.1. The number of carbonyl (C=O) groups is 1. The molecular weight excluding hydrogens is 226 g/mol. The first-order chi connectivity index (χ1) is 8.65. The van der Waals surface area contributed by atoms with Crippen molar-refractivity contribution in [3.05, 3.63) is 23.9 Å². The number of rotatable bonds is 5. The number of pyridine rings is 1. The highest BCUT2D eigenvalue weighted by atomic mass is 16.1. The molecule has 0 radical (unpaired) electrons. The van der Waals surface area contributed by atoms with Crippen LogP contribution in [0.15, 0.2) is 18.3 Å². The second-order valence-corrected chi connectivity index (χ2v) is 4.87. The lowest BCUT2D eigenvalue weighted by Gasteiger charge is -2.19. The van der Waals surface area contributed by atoms with Crippen molar-refractivity contribution in [2.24, 2.45) is 5.92 Å². The van der Waals surface area contributed by atoms with Crippen LogP contribution in [0.3, 0.4) is 0 Å². The zero-order valence-corrected chi connectivity index (χ0v) is 11.3. The number of nitrogens with zero attached hydrogens (tertiary/aromatic N) is 2. The summed E-state index contributed by atoms with van der Waals surface area (Å²) in [6, 6.07) is 4.13. The van der Waals surface area contributed by atoms with E-state index >= 15 is 0 Å². The standard InChI is InChI=1S/C14H21N3O/c1-4-17(5-2)13-7-6-11(9-15-13)14(18)16-12-8-10(12)3/h6-7,9-10,12H,4-5,8H2,1-3H3,(H,16,18). The first-order valence-electron chi connectivity index (χ1n) is 6.67. The van der Waals surface area contributed by atoms with Gasteiger partial charge in [0.05, 0.1) is 5.56 Å². The van der Waals surface area contributed by atoms with E-state index in [9.17, 15) is 4.79 Å². The number of carbonyl (C=O) groups excluding carboxylic acids is 1. The molecule has 1 saturated carbocycles. The SMILES string of the molecule is CCN(CC)c1ccc(C(=O)NC2CC2C)cn1. The van der Waals surface area contributed by atoms with Gasteiger partial charge in [0.15, 0.2) is 0 Å². The molecule has 1 aromatic heterocycles. The van der Waals surface area contributed by atoms with Crippen LogP contribution in [-0.2, 0) is 0 Å². The van der Waals surface area contributed by atoms with Crippen LogP contribution in [0.5, 0.6) is 0 Å². The van der Waals surface area contributed by atoms with E-state index in [2.05, 4.69) is 36.0 Å². The Kier molecular flexibility index (Phi) is 3.84. The Morgan fingerprint density at radius 3 is 2.56 bits per heavy atom. The summed E-state index contributed by atoms with van der Waals surface area (Å²) < 4.78 is 0. The third-order valence-corrected chi connectivity index (χ3v) is 3.52. The average molecular weight is 247 g/mol. The van der Waals surface area contributed by atoms with Crippen molar-refractivity contribution in [3.63, 3.8) is 0 Å². The van der Waals surface area contributed by atoms with Crippen molar-refractivity contribution in [1.29, 1.82) is 0 Å². The topological polar surface area (TPSA) is 45.2 Å². The minimum atomic E-state index is -0.0112. The summed E-state index contributed by atoms with van der Waals surface area (Å²) in [6.07, 6.45) is 2.76. The van der Waals surface area contributed by atoms with Gasteiger partial charge in [-0.1, -0.05) is 6.92 Å². The minimum Gasteiger partial charge on any atom is -0.357 e. The highest BCUT2D eigenvalue weighted by Crippen LogP contribution is 2.29. The number of nitrogens with one attached hydrogen (secondary N) is 1. The van der Waals surface area contributed by atoms with Gasteiger partial charge >= 0.3 is 0 Å². The third kappa shape index (κ3) is 2.81. The molecule has 1 amide bonds. The highest BCUT2D eigenvalue weighted by Gasteiger charge is 2.33. The first-order valence-corrected chi connectivity index (χ1v) is 6.67. The summed E-state index contributed by atoms with van der Waals surface area (Å²) in [7, 11) is 0. The van der Waals surface area contributed by atoms with E-state index in [0.717, 1.165) is 25.3 Å². The van der Waals surface area contributed by atoms with Crippen molar-refractivity contribution in [3.8, 4) is 0 Å². The molecule has 0 saturated heterocycles. The van der Waals surface area contributed by atoms with Crippen molar-refractivity contribution >= 4 is 11.7 Å². The lowest BCUT2D eigenvalue weighted by molar-refractivity contribution is 0.0949. The second kappa shape index (κ2) is 5.38. The molecule has 2 atom stereocenters. The summed E-state index contributed by atoms with van der Waals surface area (Å²) in [5.74, 6) is 1.54. The van der Waals surface area contributed by atoms with E-state index in [-0.39, 0.29) is 5.91 Å². The van der Waals surface area contributed by atoms with E-state index in [1.54, 1.807) is 6.20 Å². The Morgan fingerprint density at radius 2 is 2.11 bits per heavy atom. The minimum absolute atomic E-state index is 0.0112. The van der Waals surface area contributed by atoms with Crippen LogP contribution in [0.2, 0.25) is 0 Å². The normalized spacial score (nSPS) is 21.5. The molecule has 2 rings (SSSR count). The smallest absolute Gasteiger partial charge is 0.253 e. The van der Waals surface area contributed by atoms with Gasteiger partial charge in [0, 0.05) is 25.3 Å². The van der Waals surface area contributed by atoms with Crippen LogP contribution < -0.4 is 10.2 Å². The lowest BCUT2D eigenvalue weighted by atomic mass is 10.2. The molecule has 1 aliphatic rings. The number of aromatic nitrogens is 1. The van der Waals surface area contributed by atoms with Crippen LogP contribution in [0.25, 0.3) is 0 Å². The molecule has 0 aliphatic heterocycles. The summed E-state index contributed by atoms with van der Waals surface area (Å²) >= 11 is 0. The van der Waals surface area contributed by atoms with Gasteiger partial charge < -0.3 is 10.2 Å². The molecule has 4 heteroatoms. The Balaban J connectivity index is 2.00. The number of hydrogen-bond donors (Lipinski definition) is 1. The summed E-state index contributed by atoms with van der Waals surface area (Å²) in [6.45, 7) is 8.19. The van der Waals surface area contributed by atoms with Crippen molar-refractivity contribution < 1.29 is 4.79 Å². The van der Waals surface area contributed by atoms with Gasteiger partial charge in [0.1, 0.15) is 5.82 Å². The quantitative estimate of drug-likeness (QED) is 0.866. The van der Waals surface area contributed by atoms with Gasteiger partial charge in [0.2, 0.25) is 0 Å². The van der Waals surface area contributed by atoms with Crippen molar-refractivity contribution in [2.45, 2.75) is 33.2 Å². The molecular formula is C14H21N3O. The van der Waals surface area contributed by atoms with Crippen molar-refractivity contribution in [1.82, 2.24) is 10.3 Å². The van der Waals surface area contributed by atoms with E-state index in [0.29, 0.717) is 17.5 Å². The molecule has 4 nitrogen and oxygen atoms in total. The maximum Gasteiger partial charge on any atom is 0.253 e. The van der Waals surface area contributed by atoms with Crippen LogP contribution in [0, 0.1) is 5.92 Å². The van der Waals surface area contributed by atoms with Crippen LogP contribution in [0.4, 0.5) is 5.82 Å². The predicted molar refractivity (Wildman–Crippen MR) is 72.8 cm³/mol. The first kappa shape index (κ1) is 12.9. The van der Waals surface area contributed by atoms with Crippen LogP contribution in [-0.4, -0.2) is 30.0 Å². The van der Waals surface area contributed by atoms with Gasteiger partial charge in [0.25, 0.3) is 5.91 Å². The average Bonchev–Trinajstić information content (AvgIpc) is 3.07. The fourth-order valence-electron chi connectivity index (χ4n) is 2.03. The molecule has 0 bridgehead atoms. The number of hydrogen-bond acceptors (Lipinski definition) is 3. The van der Waals surface area contributed by atoms with Crippen molar-refractivity contribution in [2.75, 3.05) is 18.0 Å². The number of amides is 1. The molecule has 1 fully saturated rings. The van der Waals surface area contributed by atoms with E-state index in [1.165, 1.54) is 0 Å². The third-order valence-electron chi connectivity index (χ3n) is 3.52. The molecule has 1 N–H and O–H groups in total. The highest BCUT2D eigenvalue weighted by molar-refractivity contribution is 5.94. The molecule has 1 aliphatic carbocycles. The molecule has 0 aromatic carbocycles. The van der Waals surface area contributed by atoms with E-state index in [1.807, 2.05) is 12.1 Å². The van der Waals surface area contributed by atoms with E-state index in [4.69, 9.17) is 0 Å². The Labute approximate surface area is 108 Å². The maximum absolute atomic E-state index is 11.9. The molecule has 18 heavy (non-hydrogen) atoms. The monoisotopic (exact) mass is 247 g/mol. The second-order valence-electron chi connectivity index (χ2n) is 4.87. The summed E-state index contributed by atoms with van der Waals surface area (Å²) in [5, 5.41) is 3.00. The van der Waals surface area contributed by atoms with Crippen LogP contribution in [0.1, 0.15) is 37.6 Å². The van der Waals surface area contributed by atoms with Gasteiger partial charge in [-0.25, -0.2) is 4.98 Å². The van der Waals surface area contributed by atoms with Gasteiger partial charge in [-0.3, -0.25) is 4.79 Å². The fourth-order valence-corrected chi connectivity index (χ4v) is 2.03. The van der Waals surface area contributed by atoms with Gasteiger partial charge in [-0.2, -0.15) is 0 Å². The van der Waals surface area contributed by atoms with Gasteiger partial charge in [-0.05, 0) is 38.3 Å². The molecule has 2 unspecified atom stereocenters. The largest absolute Gasteiger partial charge is 0.357 e. The van der Waals surface area contributed by atoms with Gasteiger partial charge in [-0.15, -0.1) is 0 Å². The molecule has 0 spiro atoms. The summed E-state index contributed by atoms with van der Waals surface area (Å²) in [4.78, 5) is 18.4. The number of anilines is 1. The molecule has 98 valence electrons. The lowest BCUT2D eigenvalue weighted by Crippen LogP contribution is -2.27. The fraction of sp³-hybridized carbons (Fsp3) is 0.571. The van der Waals surface area contributed by atoms with E-state index < -0.39 is 0 Å². The zero-order valence-electron chi connectivity index (χ0n) is 11.3. The predicted octanol–water partition coefficient (Wildman–Crippen LogP) is 2.07. The Morgan fingerprint density at radius 1 is 1.44 bits per heavy atom. The Bertz CT molecular complexity index is 412. The maximum atomic E-state index is 11.9. The van der Waals surface area contributed by atoms with Crippen LogP contribution >= 0.6 is 0 Å². The summed E-state index contributed by atoms with van der Waals surface area (Å²) in [5.41, 5.74) is 0.644. The Hall–Kier alpha value is -1.58. The molecule has 1 aromatic rings.